The van der Waals surface area contributed by atoms with Crippen LogP contribution in [0.2, 0.25) is 0 Å². The molecule has 21 heavy (non-hydrogen) atoms. The lowest BCUT2D eigenvalue weighted by molar-refractivity contribution is 1.11. The van der Waals surface area contributed by atoms with E-state index in [4.69, 9.17) is 0 Å². The van der Waals surface area contributed by atoms with Gasteiger partial charge in [0.05, 0.1) is 5.69 Å². The highest BCUT2D eigenvalue weighted by Crippen LogP contribution is 2.34. The molecule has 4 nitrogen and oxygen atoms in total. The molecule has 0 aliphatic carbocycles. The fourth-order valence-electron chi connectivity index (χ4n) is 1.91. The molecule has 0 atom stereocenters. The van der Waals surface area contributed by atoms with Crippen LogP contribution in [0.4, 0.5) is 5.00 Å². The van der Waals surface area contributed by atoms with Gasteiger partial charge in [-0.3, -0.25) is 9.98 Å². The standard InChI is InChI=1S/C15H20N4S2/c1-5-17-15(20-6-2)19(4)14-11(3)18-13(21-14)12-8-7-9-16-10-12/h7-10H,5-6H2,1-4H3/b17-15-. The Hall–Kier alpha value is -1.40. The molecule has 0 amide bonds. The first kappa shape index (κ1) is 16.0. The van der Waals surface area contributed by atoms with Gasteiger partial charge in [0.1, 0.15) is 10.0 Å². The smallest absolute Gasteiger partial charge is 0.164 e. The highest BCUT2D eigenvalue weighted by molar-refractivity contribution is 8.14. The second kappa shape index (κ2) is 7.56. The van der Waals surface area contributed by atoms with Gasteiger partial charge >= 0.3 is 0 Å². The Bertz CT molecular complexity index is 607. The van der Waals surface area contributed by atoms with Gasteiger partial charge in [0, 0.05) is 31.5 Å². The summed E-state index contributed by atoms with van der Waals surface area (Å²) in [7, 11) is 2.06. The summed E-state index contributed by atoms with van der Waals surface area (Å²) in [5.41, 5.74) is 2.09. The van der Waals surface area contributed by atoms with Crippen molar-refractivity contribution in [1.29, 1.82) is 0 Å². The maximum atomic E-state index is 4.68. The van der Waals surface area contributed by atoms with Crippen molar-refractivity contribution in [1.82, 2.24) is 9.97 Å². The molecule has 2 aromatic heterocycles. The zero-order valence-electron chi connectivity index (χ0n) is 12.8. The van der Waals surface area contributed by atoms with E-state index in [-0.39, 0.29) is 0 Å². The van der Waals surface area contributed by atoms with Crippen LogP contribution in [0.5, 0.6) is 0 Å². The van der Waals surface area contributed by atoms with Crippen molar-refractivity contribution in [2.75, 3.05) is 24.2 Å². The summed E-state index contributed by atoms with van der Waals surface area (Å²) in [4.78, 5) is 15.6. The van der Waals surface area contributed by atoms with Crippen molar-refractivity contribution in [3.8, 4) is 10.6 Å². The number of hydrogen-bond acceptors (Lipinski definition) is 5. The summed E-state index contributed by atoms with van der Waals surface area (Å²) < 4.78 is 0. The first-order chi connectivity index (χ1) is 10.2. The van der Waals surface area contributed by atoms with Crippen LogP contribution in [0.25, 0.3) is 10.6 Å². The number of aliphatic imine (C=N–C) groups is 1. The normalized spacial score (nSPS) is 11.7. The molecule has 0 saturated carbocycles. The van der Waals surface area contributed by atoms with E-state index in [1.165, 1.54) is 0 Å². The topological polar surface area (TPSA) is 41.4 Å². The molecule has 0 radical (unpaired) electrons. The van der Waals surface area contributed by atoms with Crippen LogP contribution in [0.1, 0.15) is 19.5 Å². The van der Waals surface area contributed by atoms with Crippen LogP contribution in [-0.2, 0) is 0 Å². The summed E-state index contributed by atoms with van der Waals surface area (Å²) >= 11 is 3.44. The Kier molecular flexibility index (Phi) is 5.76. The van der Waals surface area contributed by atoms with E-state index < -0.39 is 0 Å². The first-order valence-electron chi connectivity index (χ1n) is 6.96. The van der Waals surface area contributed by atoms with Crippen molar-refractivity contribution in [2.24, 2.45) is 4.99 Å². The van der Waals surface area contributed by atoms with E-state index in [1.54, 1.807) is 29.3 Å². The maximum Gasteiger partial charge on any atom is 0.164 e. The summed E-state index contributed by atoms with van der Waals surface area (Å²) in [6.07, 6.45) is 3.63. The molecule has 112 valence electrons. The number of thiazole rings is 1. The van der Waals surface area contributed by atoms with Gasteiger partial charge in [0.25, 0.3) is 0 Å². The van der Waals surface area contributed by atoms with Gasteiger partial charge < -0.3 is 4.90 Å². The Morgan fingerprint density at radius 2 is 2.24 bits per heavy atom. The number of thioether (sulfide) groups is 1. The minimum absolute atomic E-state index is 0.792. The molecule has 0 fully saturated rings. The van der Waals surface area contributed by atoms with Crippen molar-refractivity contribution in [2.45, 2.75) is 20.8 Å². The molecule has 2 heterocycles. The van der Waals surface area contributed by atoms with Crippen LogP contribution in [0, 0.1) is 6.92 Å². The van der Waals surface area contributed by atoms with E-state index in [0.29, 0.717) is 0 Å². The van der Waals surface area contributed by atoms with Crippen LogP contribution in [0.3, 0.4) is 0 Å². The van der Waals surface area contributed by atoms with E-state index in [0.717, 1.165) is 38.7 Å². The molecular formula is C15H20N4S2. The van der Waals surface area contributed by atoms with E-state index >= 15 is 0 Å². The predicted octanol–water partition coefficient (Wildman–Crippen LogP) is 4.08. The molecule has 6 heteroatoms. The highest BCUT2D eigenvalue weighted by atomic mass is 32.2. The third-order valence-electron chi connectivity index (χ3n) is 2.84. The van der Waals surface area contributed by atoms with Crippen LogP contribution in [0.15, 0.2) is 29.5 Å². The monoisotopic (exact) mass is 320 g/mol. The summed E-state index contributed by atoms with van der Waals surface area (Å²) in [6.45, 7) is 7.04. The quantitative estimate of drug-likeness (QED) is 0.629. The molecule has 0 aliphatic rings. The molecule has 0 aliphatic heterocycles. The molecular weight excluding hydrogens is 300 g/mol. The molecule has 0 spiro atoms. The number of rotatable bonds is 4. The van der Waals surface area contributed by atoms with Gasteiger partial charge in [-0.2, -0.15) is 0 Å². The lowest BCUT2D eigenvalue weighted by atomic mass is 10.3. The van der Waals surface area contributed by atoms with Crippen molar-refractivity contribution in [3.05, 3.63) is 30.2 Å². The number of anilines is 1. The molecule has 2 aromatic rings. The van der Waals surface area contributed by atoms with Crippen molar-refractivity contribution < 1.29 is 0 Å². The zero-order chi connectivity index (χ0) is 15.2. The average molecular weight is 320 g/mol. The van der Waals surface area contributed by atoms with Crippen molar-refractivity contribution >= 4 is 33.3 Å². The lowest BCUT2D eigenvalue weighted by Gasteiger charge is -2.19. The van der Waals surface area contributed by atoms with Crippen LogP contribution in [-0.4, -0.2) is 34.5 Å². The fraction of sp³-hybridized carbons (Fsp3) is 0.400. The molecule has 0 N–H and O–H groups in total. The van der Waals surface area contributed by atoms with Crippen LogP contribution >= 0.6 is 23.1 Å². The summed E-state index contributed by atoms with van der Waals surface area (Å²) in [6, 6.07) is 3.98. The van der Waals surface area contributed by atoms with E-state index in [9.17, 15) is 0 Å². The van der Waals surface area contributed by atoms with E-state index in [1.807, 2.05) is 25.3 Å². The third kappa shape index (κ3) is 3.83. The highest BCUT2D eigenvalue weighted by Gasteiger charge is 2.16. The number of nitrogens with zero attached hydrogens (tertiary/aromatic N) is 4. The Balaban J connectivity index is 2.32. The van der Waals surface area contributed by atoms with Gasteiger partial charge in [-0.15, -0.1) is 0 Å². The zero-order valence-corrected chi connectivity index (χ0v) is 14.5. The maximum absolute atomic E-state index is 4.68. The number of amidine groups is 1. The molecule has 2 rings (SSSR count). The Labute approximate surface area is 134 Å². The van der Waals surface area contributed by atoms with Gasteiger partial charge in [-0.25, -0.2) is 4.98 Å². The van der Waals surface area contributed by atoms with Gasteiger partial charge in [0.15, 0.2) is 5.17 Å². The van der Waals surface area contributed by atoms with Crippen LogP contribution < -0.4 is 4.90 Å². The summed E-state index contributed by atoms with van der Waals surface area (Å²) in [5.74, 6) is 1.01. The molecule has 0 aromatic carbocycles. The fourth-order valence-corrected chi connectivity index (χ4v) is 3.75. The molecule has 0 saturated heterocycles. The number of pyridine rings is 1. The van der Waals surface area contributed by atoms with Gasteiger partial charge in [0.2, 0.25) is 0 Å². The predicted molar refractivity (Wildman–Crippen MR) is 94.6 cm³/mol. The Morgan fingerprint density at radius 3 is 2.86 bits per heavy atom. The van der Waals surface area contributed by atoms with Gasteiger partial charge in [-0.1, -0.05) is 30.0 Å². The van der Waals surface area contributed by atoms with Gasteiger partial charge in [-0.05, 0) is 31.7 Å². The first-order valence-corrected chi connectivity index (χ1v) is 8.76. The second-order valence-corrected chi connectivity index (χ2v) is 6.61. The van der Waals surface area contributed by atoms with Crippen molar-refractivity contribution in [3.63, 3.8) is 0 Å². The largest absolute Gasteiger partial charge is 0.314 e. The minimum atomic E-state index is 0.792. The number of aryl methyl sites for hydroxylation is 1. The average Bonchev–Trinajstić information content (AvgIpc) is 2.89. The number of hydrogen-bond donors (Lipinski definition) is 0. The minimum Gasteiger partial charge on any atom is -0.314 e. The third-order valence-corrected chi connectivity index (χ3v) is 5.07. The Morgan fingerprint density at radius 1 is 1.43 bits per heavy atom. The van der Waals surface area contributed by atoms with E-state index in [2.05, 4.69) is 40.8 Å². The number of aromatic nitrogens is 2. The SMILES string of the molecule is CC/N=C(\SCC)N(C)c1sc(-c2cccnc2)nc1C. The molecule has 0 unspecified atom stereocenters. The molecule has 0 bridgehead atoms. The lowest BCUT2D eigenvalue weighted by Crippen LogP contribution is -2.23. The second-order valence-electron chi connectivity index (χ2n) is 4.40. The summed E-state index contributed by atoms with van der Waals surface area (Å²) in [5, 5.41) is 3.19.